The lowest BCUT2D eigenvalue weighted by molar-refractivity contribution is -0.141. The number of aromatic amines is 1. The number of oxazole rings is 1. The number of nitrogens with zero attached hydrogens (tertiary/aromatic N) is 5. The molecule has 0 spiro atoms. The van der Waals surface area contributed by atoms with E-state index in [2.05, 4.69) is 15.0 Å². The van der Waals surface area contributed by atoms with Gasteiger partial charge in [0.2, 0.25) is 5.76 Å². The topological polar surface area (TPSA) is 100 Å². The summed E-state index contributed by atoms with van der Waals surface area (Å²) in [4.78, 5) is 32.7. The average Bonchev–Trinajstić information content (AvgIpc) is 3.60. The number of nitrogens with one attached hydrogen (secondary N) is 1. The summed E-state index contributed by atoms with van der Waals surface area (Å²) in [6.45, 7) is 1.51. The third-order valence-corrected chi connectivity index (χ3v) is 7.40. The lowest BCUT2D eigenvalue weighted by atomic mass is 10.1. The number of fused-ring (bicyclic) bond motifs is 2. The van der Waals surface area contributed by atoms with Crippen LogP contribution in [0.4, 0.5) is 19.2 Å². The summed E-state index contributed by atoms with van der Waals surface area (Å²) >= 11 is 1.38. The first-order valence-corrected chi connectivity index (χ1v) is 12.3. The van der Waals surface area contributed by atoms with Crippen molar-refractivity contribution in [2.75, 3.05) is 37.7 Å². The molecule has 5 heterocycles. The maximum absolute atomic E-state index is 14.0. The van der Waals surface area contributed by atoms with Gasteiger partial charge < -0.3 is 23.9 Å². The van der Waals surface area contributed by atoms with Gasteiger partial charge in [-0.05, 0) is 25.0 Å². The molecular weight excluding hydrogens is 497 g/mol. The van der Waals surface area contributed by atoms with Crippen LogP contribution in [0, 0.1) is 0 Å². The van der Waals surface area contributed by atoms with Gasteiger partial charge in [-0.3, -0.25) is 4.79 Å². The maximum atomic E-state index is 14.0. The second kappa shape index (κ2) is 8.89. The third kappa shape index (κ3) is 4.01. The van der Waals surface area contributed by atoms with E-state index in [1.165, 1.54) is 22.6 Å². The maximum Gasteiger partial charge on any atom is 0.437 e. The van der Waals surface area contributed by atoms with Gasteiger partial charge in [0, 0.05) is 25.3 Å². The van der Waals surface area contributed by atoms with Crippen molar-refractivity contribution < 1.29 is 27.1 Å². The van der Waals surface area contributed by atoms with Crippen LogP contribution in [0.25, 0.3) is 10.2 Å². The summed E-state index contributed by atoms with van der Waals surface area (Å²) in [6.07, 6.45) is -2.20. The molecular formula is C23H21F3N6O3S. The number of alkyl halides is 3. The van der Waals surface area contributed by atoms with Crippen molar-refractivity contribution in [1.82, 2.24) is 24.8 Å². The number of carbonyl (C=O) groups is 1. The van der Waals surface area contributed by atoms with Crippen molar-refractivity contribution in [3.05, 3.63) is 58.4 Å². The smallest absolute Gasteiger partial charge is 0.417 e. The van der Waals surface area contributed by atoms with E-state index in [0.29, 0.717) is 49.8 Å². The molecule has 1 amide bonds. The second-order valence-corrected chi connectivity index (χ2v) is 9.62. The van der Waals surface area contributed by atoms with E-state index < -0.39 is 29.6 Å². The van der Waals surface area contributed by atoms with Crippen LogP contribution in [0.3, 0.4) is 0 Å². The Bertz CT molecular complexity index is 1370. The van der Waals surface area contributed by atoms with Crippen LogP contribution in [-0.2, 0) is 17.3 Å². The Labute approximate surface area is 206 Å². The molecule has 1 N–H and O–H groups in total. The van der Waals surface area contributed by atoms with Gasteiger partial charge in [-0.15, -0.1) is 11.3 Å². The first-order valence-electron chi connectivity index (χ1n) is 11.5. The normalized spacial score (nSPS) is 18.9. The fourth-order valence-electron chi connectivity index (χ4n) is 4.61. The Balaban J connectivity index is 1.45. The minimum absolute atomic E-state index is 0.203. The van der Waals surface area contributed by atoms with Crippen LogP contribution in [-0.4, -0.2) is 63.6 Å². The van der Waals surface area contributed by atoms with Crippen molar-refractivity contribution in [2.45, 2.75) is 25.1 Å². The first kappa shape index (κ1) is 23.0. The number of para-hydroxylation sites is 1. The molecule has 0 unspecified atom stereocenters. The number of halogens is 3. The standard InChI is InChI=1S/C23H21F3N6O3S/c24-23(25,26)19-18(35-22(30-19)31-8-10-34-11-9-31)21(33)32-7-3-5-14-16(28-12-27-14)17(32)20-29-13-4-1-2-6-15(13)36-20/h1-2,4,6,12,17H,3,5,7-11H2,(H,27,28)/t17-/m0/s1. The highest BCUT2D eigenvalue weighted by Gasteiger charge is 2.45. The van der Waals surface area contributed by atoms with Crippen LogP contribution >= 0.6 is 11.3 Å². The lowest BCUT2D eigenvalue weighted by Crippen LogP contribution is -2.37. The molecule has 2 aliphatic heterocycles. The molecule has 1 atom stereocenters. The van der Waals surface area contributed by atoms with Crippen LogP contribution in [0.5, 0.6) is 0 Å². The van der Waals surface area contributed by atoms with Crippen LogP contribution in [0.2, 0.25) is 0 Å². The predicted octanol–water partition coefficient (Wildman–Crippen LogP) is 4.04. The summed E-state index contributed by atoms with van der Waals surface area (Å²) in [5, 5.41) is 0.571. The number of carbonyl (C=O) groups excluding carboxylic acids is 1. The van der Waals surface area contributed by atoms with E-state index in [4.69, 9.17) is 14.1 Å². The number of imidazole rings is 1. The number of hydrogen-bond donors (Lipinski definition) is 1. The van der Waals surface area contributed by atoms with Crippen LogP contribution < -0.4 is 4.90 Å². The highest BCUT2D eigenvalue weighted by Crippen LogP contribution is 2.40. The molecule has 1 saturated heterocycles. The molecule has 1 aromatic carbocycles. The van der Waals surface area contributed by atoms with E-state index >= 15 is 0 Å². The van der Waals surface area contributed by atoms with Crippen molar-refractivity contribution in [3.8, 4) is 0 Å². The summed E-state index contributed by atoms with van der Waals surface area (Å²) in [7, 11) is 0. The van der Waals surface area contributed by atoms with Gasteiger partial charge in [0.05, 0.1) is 35.5 Å². The highest BCUT2D eigenvalue weighted by molar-refractivity contribution is 7.18. The molecule has 9 nitrogen and oxygen atoms in total. The van der Waals surface area contributed by atoms with Gasteiger partial charge in [0.15, 0.2) is 5.69 Å². The van der Waals surface area contributed by atoms with E-state index in [1.807, 2.05) is 24.3 Å². The predicted molar refractivity (Wildman–Crippen MR) is 124 cm³/mol. The van der Waals surface area contributed by atoms with Crippen molar-refractivity contribution in [3.63, 3.8) is 0 Å². The van der Waals surface area contributed by atoms with Crippen molar-refractivity contribution in [1.29, 1.82) is 0 Å². The number of rotatable bonds is 3. The fourth-order valence-corrected chi connectivity index (χ4v) is 5.70. The number of anilines is 1. The van der Waals surface area contributed by atoms with Crippen molar-refractivity contribution in [2.24, 2.45) is 0 Å². The molecule has 0 radical (unpaired) electrons. The Morgan fingerprint density at radius 1 is 1.14 bits per heavy atom. The van der Waals surface area contributed by atoms with Crippen LogP contribution in [0.15, 0.2) is 35.0 Å². The Kier molecular flexibility index (Phi) is 5.67. The molecule has 3 aromatic heterocycles. The quantitative estimate of drug-likeness (QED) is 0.437. The number of benzene rings is 1. The summed E-state index contributed by atoms with van der Waals surface area (Å²) < 4.78 is 53.8. The molecule has 6 rings (SSSR count). The number of ether oxygens (including phenoxy) is 1. The Hall–Kier alpha value is -3.45. The highest BCUT2D eigenvalue weighted by atomic mass is 32.1. The zero-order valence-corrected chi connectivity index (χ0v) is 19.7. The second-order valence-electron chi connectivity index (χ2n) is 8.56. The number of thiazole rings is 1. The molecule has 36 heavy (non-hydrogen) atoms. The van der Waals surface area contributed by atoms with E-state index in [9.17, 15) is 18.0 Å². The minimum atomic E-state index is -4.87. The largest absolute Gasteiger partial charge is 0.437 e. The Morgan fingerprint density at radius 2 is 1.94 bits per heavy atom. The van der Waals surface area contributed by atoms with Gasteiger partial charge in [-0.1, -0.05) is 12.1 Å². The molecule has 1 fully saturated rings. The molecule has 0 saturated carbocycles. The van der Waals surface area contributed by atoms with E-state index in [-0.39, 0.29) is 12.6 Å². The SMILES string of the molecule is O=C(c1oc(N2CCOCC2)nc1C(F)(F)F)N1CCCc2[nH]cnc2[C@H]1c1nc2ccccc2s1. The number of morpholine rings is 1. The van der Waals surface area contributed by atoms with Gasteiger partial charge in [-0.2, -0.15) is 18.2 Å². The number of hydrogen-bond acceptors (Lipinski definition) is 8. The van der Waals surface area contributed by atoms with E-state index in [1.54, 1.807) is 4.90 Å². The molecule has 13 heteroatoms. The van der Waals surface area contributed by atoms with Crippen molar-refractivity contribution >= 4 is 33.5 Å². The van der Waals surface area contributed by atoms with Gasteiger partial charge >= 0.3 is 6.18 Å². The van der Waals surface area contributed by atoms with Crippen LogP contribution in [0.1, 0.15) is 45.1 Å². The molecule has 4 aromatic rings. The number of aromatic nitrogens is 4. The number of aryl methyl sites for hydroxylation is 1. The molecule has 0 aliphatic carbocycles. The number of amides is 1. The summed E-state index contributed by atoms with van der Waals surface area (Å²) in [5.74, 6) is -1.72. The zero-order valence-electron chi connectivity index (χ0n) is 18.9. The summed E-state index contributed by atoms with van der Waals surface area (Å²) in [6, 6.07) is 6.52. The Morgan fingerprint density at radius 3 is 2.72 bits per heavy atom. The lowest BCUT2D eigenvalue weighted by Gasteiger charge is -2.28. The fraction of sp³-hybridized carbons (Fsp3) is 0.391. The third-order valence-electron chi connectivity index (χ3n) is 6.31. The molecule has 2 aliphatic rings. The van der Waals surface area contributed by atoms with Gasteiger partial charge in [0.1, 0.15) is 11.0 Å². The van der Waals surface area contributed by atoms with Gasteiger partial charge in [-0.25, -0.2) is 9.97 Å². The summed E-state index contributed by atoms with van der Waals surface area (Å²) in [5.41, 5.74) is 0.818. The first-order chi connectivity index (χ1) is 17.4. The number of H-pyrrole nitrogens is 1. The minimum Gasteiger partial charge on any atom is -0.417 e. The van der Waals surface area contributed by atoms with E-state index in [0.717, 1.165) is 15.9 Å². The van der Waals surface area contributed by atoms with Gasteiger partial charge in [0.25, 0.3) is 11.9 Å². The molecule has 0 bridgehead atoms. The monoisotopic (exact) mass is 518 g/mol. The zero-order chi connectivity index (χ0) is 24.9. The average molecular weight is 519 g/mol. The molecule has 188 valence electrons.